The Kier molecular flexibility index (Phi) is 11.8. The molecule has 0 heterocycles. The monoisotopic (exact) mass is 489 g/mol. The van der Waals surface area contributed by atoms with Crippen LogP contribution in [0.4, 0.5) is 0 Å². The van der Waals surface area contributed by atoms with Gasteiger partial charge < -0.3 is 29.6 Å². The van der Waals surface area contributed by atoms with Crippen molar-refractivity contribution in [3.63, 3.8) is 0 Å². The Bertz CT molecular complexity index is 676. The topological polar surface area (TPSA) is 9.23 Å². The Morgan fingerprint density at radius 3 is 1.97 bits per heavy atom. The molecule has 0 aromatic carbocycles. The van der Waals surface area contributed by atoms with Crippen LogP contribution in [0.1, 0.15) is 68.2 Å². The van der Waals surface area contributed by atoms with E-state index in [1.807, 2.05) is 0 Å². The predicted molar refractivity (Wildman–Crippen MR) is 117 cm³/mol. The average molecular weight is 490 g/mol. The second-order valence-corrected chi connectivity index (χ2v) is 15.3. The molecule has 5 heteroatoms. The predicted octanol–water partition coefficient (Wildman–Crippen LogP) is 0.981. The van der Waals surface area contributed by atoms with E-state index in [1.54, 1.807) is 0 Å². The zero-order chi connectivity index (χ0) is 20.0. The molecule has 0 N–H and O–H groups in total. The van der Waals surface area contributed by atoms with Gasteiger partial charge in [0.15, 0.2) is 0 Å². The minimum absolute atomic E-state index is 0. The summed E-state index contributed by atoms with van der Waals surface area (Å²) in [6.45, 7) is 23.3. The molecule has 1 nitrogen and oxygen atoms in total. The largest absolute Gasteiger partial charge is 3.00 e. The van der Waals surface area contributed by atoms with E-state index in [-0.39, 0.29) is 68.7 Å². The molecule has 1 atom stereocenters. The van der Waals surface area contributed by atoms with Crippen LogP contribution in [0.3, 0.4) is 0 Å². The van der Waals surface area contributed by atoms with Gasteiger partial charge in [0.1, 0.15) is 0 Å². The Morgan fingerprint density at radius 2 is 1.59 bits per heavy atom. The van der Waals surface area contributed by atoms with E-state index in [0.717, 1.165) is 12.8 Å². The fourth-order valence-electron chi connectivity index (χ4n) is 4.34. The summed E-state index contributed by atoms with van der Waals surface area (Å²) in [5.41, 5.74) is 3.13. The van der Waals surface area contributed by atoms with Crippen molar-refractivity contribution in [1.29, 1.82) is 0 Å². The van der Waals surface area contributed by atoms with Crippen LogP contribution in [-0.2, 0) is 26.5 Å². The summed E-state index contributed by atoms with van der Waals surface area (Å²) < 4.78 is 6.91. The van der Waals surface area contributed by atoms with E-state index >= 15 is 0 Å². The van der Waals surface area contributed by atoms with E-state index in [0.29, 0.717) is 0 Å². The molecule has 0 aromatic heterocycles. The first-order chi connectivity index (χ1) is 11.7. The number of rotatable bonds is 4. The Hall–Kier alpha value is 0.431. The Labute approximate surface area is 208 Å². The molecule has 0 spiro atoms. The summed E-state index contributed by atoms with van der Waals surface area (Å²) in [5.74, 6) is 0. The number of ether oxygens (including phenoxy) is 1. The van der Waals surface area contributed by atoms with Crippen molar-refractivity contribution in [1.82, 2.24) is 0 Å². The van der Waals surface area contributed by atoms with Crippen LogP contribution in [0.5, 0.6) is 0 Å². The summed E-state index contributed by atoms with van der Waals surface area (Å²) >= 11 is 0. The molecular weight excluding hydrogens is 451 g/mol. The molecule has 0 aromatic rings. The van der Waals surface area contributed by atoms with Crippen molar-refractivity contribution in [3.05, 3.63) is 46.7 Å². The zero-order valence-electron chi connectivity index (χ0n) is 20.0. The molecule has 0 fully saturated rings. The van der Waals surface area contributed by atoms with E-state index in [1.165, 1.54) is 16.3 Å². The number of hydrogen-bond acceptors (Lipinski definition) is 1. The van der Waals surface area contributed by atoms with Crippen LogP contribution in [-0.4, -0.2) is 19.4 Å². The third-order valence-corrected chi connectivity index (χ3v) is 10.1. The van der Waals surface area contributed by atoms with Gasteiger partial charge in [-0.1, -0.05) is 66.8 Å². The van der Waals surface area contributed by atoms with Gasteiger partial charge in [-0.3, -0.25) is 6.08 Å². The van der Waals surface area contributed by atoms with E-state index < -0.39 is 8.07 Å². The normalized spacial score (nSPS) is 22.1. The van der Waals surface area contributed by atoms with Gasteiger partial charge >= 0.3 is 21.7 Å². The maximum atomic E-state index is 6.91. The van der Waals surface area contributed by atoms with Crippen molar-refractivity contribution in [3.8, 4) is 0 Å². The molecule has 0 saturated heterocycles. The van der Waals surface area contributed by atoms with E-state index in [2.05, 4.69) is 98.9 Å². The van der Waals surface area contributed by atoms with Gasteiger partial charge in [-0.2, -0.15) is 6.08 Å². The van der Waals surface area contributed by atoms with Crippen LogP contribution in [0.25, 0.3) is 0 Å². The number of halogens is 2. The summed E-state index contributed by atoms with van der Waals surface area (Å²) in [5, 5.41) is 1.20. The van der Waals surface area contributed by atoms with Gasteiger partial charge in [-0.05, 0) is 42.2 Å². The Morgan fingerprint density at radius 1 is 1.03 bits per heavy atom. The van der Waals surface area contributed by atoms with Gasteiger partial charge in [0.25, 0.3) is 0 Å². The number of hydrogen-bond donors (Lipinski definition) is 0. The molecule has 1 unspecified atom stereocenters. The van der Waals surface area contributed by atoms with Crippen LogP contribution in [0, 0.1) is 16.9 Å². The molecule has 2 rings (SSSR count). The SMILES string of the molecule is CC(C)OC1([Si](C)(C)C2=[C-]CC=C2)CC=C(C(C)(C)C)C=C1C(C)(C)C.[Cl-].[Cl-].[Ti+3]. The minimum atomic E-state index is -1.96. The van der Waals surface area contributed by atoms with Crippen molar-refractivity contribution in [2.24, 2.45) is 10.8 Å². The van der Waals surface area contributed by atoms with Crippen LogP contribution >= 0.6 is 0 Å². The van der Waals surface area contributed by atoms with Gasteiger partial charge in [-0.25, -0.2) is 11.3 Å². The fourth-order valence-corrected chi connectivity index (χ4v) is 8.12. The second-order valence-electron chi connectivity index (χ2n) is 10.7. The van der Waals surface area contributed by atoms with Crippen molar-refractivity contribution in [2.45, 2.75) is 92.7 Å². The van der Waals surface area contributed by atoms with Gasteiger partial charge in [-0.15, -0.1) is 6.42 Å². The summed E-state index contributed by atoms with van der Waals surface area (Å²) in [6.07, 6.45) is 15.2. The molecule has 2 aliphatic carbocycles. The van der Waals surface area contributed by atoms with Crippen LogP contribution in [0.15, 0.2) is 40.6 Å². The molecule has 29 heavy (non-hydrogen) atoms. The van der Waals surface area contributed by atoms with E-state index in [4.69, 9.17) is 4.74 Å². The van der Waals surface area contributed by atoms with E-state index in [9.17, 15) is 0 Å². The molecule has 2 aliphatic rings. The smallest absolute Gasteiger partial charge is 1.00 e. The molecule has 0 amide bonds. The van der Waals surface area contributed by atoms with Crippen LogP contribution < -0.4 is 24.8 Å². The van der Waals surface area contributed by atoms with Crippen molar-refractivity contribution < 1.29 is 51.3 Å². The van der Waals surface area contributed by atoms with Crippen molar-refractivity contribution >= 4 is 8.07 Å². The summed E-state index contributed by atoms with van der Waals surface area (Å²) in [7, 11) is -1.96. The second kappa shape index (κ2) is 10.8. The maximum absolute atomic E-state index is 6.91. The quantitative estimate of drug-likeness (QED) is 0.422. The van der Waals surface area contributed by atoms with Gasteiger partial charge in [0, 0.05) is 0 Å². The molecule has 0 aliphatic heterocycles. The Balaban J connectivity index is 0. The zero-order valence-corrected chi connectivity index (χ0v) is 24.0. The first kappa shape index (κ1) is 31.6. The number of allylic oxidation sites excluding steroid dienone is 6. The molecule has 0 bridgehead atoms. The molecule has 163 valence electrons. The fraction of sp³-hybridized carbons (Fsp3) is 0.667. The van der Waals surface area contributed by atoms with Gasteiger partial charge in [0.05, 0.1) is 19.4 Å². The van der Waals surface area contributed by atoms with Crippen LogP contribution in [0.2, 0.25) is 13.1 Å². The molecule has 0 saturated carbocycles. The average Bonchev–Trinajstić information content (AvgIpc) is 2.99. The molecule has 1 radical (unpaired) electrons. The van der Waals surface area contributed by atoms with Gasteiger partial charge in [0.2, 0.25) is 0 Å². The first-order valence-corrected chi connectivity index (χ1v) is 13.1. The third-order valence-electron chi connectivity index (χ3n) is 5.83. The standard InChI is InChI=1S/C24H39OSi.2ClH.Ti/c1-18(2)25-24(26(9,10)20-13-11-12-14-20)16-15-19(22(3,4)5)17-21(24)23(6,7)8;;;/h11,13,15,17-18H,12,16H2,1-10H3;2*1H;/q-1;;;+3/p-2. The third kappa shape index (κ3) is 6.46. The van der Waals surface area contributed by atoms with Crippen molar-refractivity contribution in [2.75, 3.05) is 0 Å². The minimum Gasteiger partial charge on any atom is -1.00 e. The summed E-state index contributed by atoms with van der Waals surface area (Å²) in [6, 6.07) is 0. The maximum Gasteiger partial charge on any atom is 3.00 e. The summed E-state index contributed by atoms with van der Waals surface area (Å²) in [4.78, 5) is 0. The first-order valence-electron chi connectivity index (χ1n) is 10.1. The molecular formula is C24H39Cl2OSiTi.